The first-order chi connectivity index (χ1) is 10.2. The zero-order chi connectivity index (χ0) is 15.1. The molecule has 1 aliphatic heterocycles. The normalized spacial score (nSPS) is 16.1. The van der Waals surface area contributed by atoms with Crippen LogP contribution >= 0.6 is 11.3 Å². The molecule has 0 radical (unpaired) electrons. The van der Waals surface area contributed by atoms with Crippen molar-refractivity contribution in [3.63, 3.8) is 0 Å². The number of hydrogen-bond acceptors (Lipinski definition) is 5. The molecule has 0 atom stereocenters. The number of carbonyl (C=O) groups excluding carboxylic acids is 1. The van der Waals surface area contributed by atoms with Crippen molar-refractivity contribution in [3.8, 4) is 0 Å². The molecule has 2 heterocycles. The second-order valence-corrected chi connectivity index (χ2v) is 5.69. The number of piperazine rings is 1. The van der Waals surface area contributed by atoms with E-state index < -0.39 is 0 Å². The number of amides is 1. The minimum absolute atomic E-state index is 0.0822. The van der Waals surface area contributed by atoms with Crippen LogP contribution < -0.4 is 16.0 Å². The summed E-state index contributed by atoms with van der Waals surface area (Å²) in [4.78, 5) is 24.2. The number of guanidine groups is 1. The third-order valence-electron chi connectivity index (χ3n) is 3.25. The van der Waals surface area contributed by atoms with Gasteiger partial charge < -0.3 is 20.9 Å². The van der Waals surface area contributed by atoms with Gasteiger partial charge in [0.2, 0.25) is 5.91 Å². The summed E-state index contributed by atoms with van der Waals surface area (Å²) < 4.78 is 0. The number of aromatic nitrogens is 1. The summed E-state index contributed by atoms with van der Waals surface area (Å²) in [6.07, 6.45) is 2.74. The molecule has 116 valence electrons. The number of thiazole rings is 1. The number of aliphatic imine (C=N–C) groups is 1. The van der Waals surface area contributed by atoms with Gasteiger partial charge in [0.1, 0.15) is 6.54 Å². The van der Waals surface area contributed by atoms with Crippen LogP contribution in [0, 0.1) is 0 Å². The van der Waals surface area contributed by atoms with Crippen molar-refractivity contribution in [1.82, 2.24) is 15.2 Å². The number of nitrogens with one attached hydrogen (secondary N) is 1. The zero-order valence-corrected chi connectivity index (χ0v) is 13.1. The minimum atomic E-state index is -0.0822. The molecule has 0 unspecified atom stereocenters. The molecule has 8 heteroatoms. The standard InChI is InChI=1S/C13H22N6OS/c1-2-3-15-11(20)10-17-12(14)18-5-7-19(8-6-18)13-16-4-9-21-13/h4,9H,2-3,5-8,10H2,1H3,(H2,14,17)(H,15,20). The van der Waals surface area contributed by atoms with Gasteiger partial charge in [0.05, 0.1) is 0 Å². The van der Waals surface area contributed by atoms with Crippen LogP contribution in [0.5, 0.6) is 0 Å². The van der Waals surface area contributed by atoms with Crippen molar-refractivity contribution < 1.29 is 4.79 Å². The number of anilines is 1. The summed E-state index contributed by atoms with van der Waals surface area (Å²) in [5.74, 6) is 0.363. The van der Waals surface area contributed by atoms with Crippen molar-refractivity contribution in [1.29, 1.82) is 0 Å². The van der Waals surface area contributed by atoms with Crippen LogP contribution in [-0.2, 0) is 4.79 Å². The highest BCUT2D eigenvalue weighted by atomic mass is 32.1. The topological polar surface area (TPSA) is 86.8 Å². The van der Waals surface area contributed by atoms with E-state index in [0.29, 0.717) is 12.5 Å². The van der Waals surface area contributed by atoms with E-state index in [2.05, 4.69) is 20.2 Å². The molecular weight excluding hydrogens is 288 g/mol. The lowest BCUT2D eigenvalue weighted by atomic mass is 10.3. The quantitative estimate of drug-likeness (QED) is 0.595. The number of hydrogen-bond donors (Lipinski definition) is 2. The van der Waals surface area contributed by atoms with Gasteiger partial charge in [-0.15, -0.1) is 11.3 Å². The lowest BCUT2D eigenvalue weighted by Gasteiger charge is -2.35. The molecule has 7 nitrogen and oxygen atoms in total. The molecule has 0 saturated carbocycles. The van der Waals surface area contributed by atoms with E-state index in [1.54, 1.807) is 11.3 Å². The number of nitrogens with zero attached hydrogens (tertiary/aromatic N) is 4. The van der Waals surface area contributed by atoms with E-state index in [9.17, 15) is 4.79 Å². The largest absolute Gasteiger partial charge is 0.370 e. The second-order valence-electron chi connectivity index (χ2n) is 4.81. The van der Waals surface area contributed by atoms with E-state index in [1.165, 1.54) is 0 Å². The Morgan fingerprint density at radius 3 is 2.86 bits per heavy atom. The van der Waals surface area contributed by atoms with E-state index in [-0.39, 0.29) is 12.5 Å². The van der Waals surface area contributed by atoms with Crippen molar-refractivity contribution in [2.75, 3.05) is 44.2 Å². The summed E-state index contributed by atoms with van der Waals surface area (Å²) in [6, 6.07) is 0. The van der Waals surface area contributed by atoms with Crippen LogP contribution in [0.2, 0.25) is 0 Å². The van der Waals surface area contributed by atoms with E-state index >= 15 is 0 Å². The predicted molar refractivity (Wildman–Crippen MR) is 85.7 cm³/mol. The molecule has 0 aromatic carbocycles. The third-order valence-corrected chi connectivity index (χ3v) is 4.08. The molecule has 3 N–H and O–H groups in total. The van der Waals surface area contributed by atoms with Gasteiger partial charge in [0, 0.05) is 44.3 Å². The first-order valence-electron chi connectivity index (χ1n) is 7.16. The highest BCUT2D eigenvalue weighted by molar-refractivity contribution is 7.13. The second kappa shape index (κ2) is 7.82. The molecular formula is C13H22N6OS. The summed E-state index contributed by atoms with van der Waals surface area (Å²) in [6.45, 7) is 6.12. The fourth-order valence-corrected chi connectivity index (χ4v) is 2.77. The molecule has 1 aromatic heterocycles. The van der Waals surface area contributed by atoms with Crippen LogP contribution in [0.25, 0.3) is 0 Å². The van der Waals surface area contributed by atoms with Gasteiger partial charge in [-0.05, 0) is 6.42 Å². The smallest absolute Gasteiger partial charge is 0.241 e. The van der Waals surface area contributed by atoms with Crippen LogP contribution in [0.4, 0.5) is 5.13 Å². The average molecular weight is 310 g/mol. The highest BCUT2D eigenvalue weighted by Crippen LogP contribution is 2.18. The minimum Gasteiger partial charge on any atom is -0.370 e. The molecule has 2 rings (SSSR count). The Hall–Kier alpha value is -1.83. The van der Waals surface area contributed by atoms with Gasteiger partial charge in [-0.3, -0.25) is 4.79 Å². The average Bonchev–Trinajstić information content (AvgIpc) is 3.05. The summed E-state index contributed by atoms with van der Waals surface area (Å²) in [5.41, 5.74) is 5.95. The molecule has 0 bridgehead atoms. The third kappa shape index (κ3) is 4.59. The van der Waals surface area contributed by atoms with Crippen LogP contribution in [0.3, 0.4) is 0 Å². The van der Waals surface area contributed by atoms with Crippen molar-refractivity contribution >= 4 is 28.3 Å². The Morgan fingerprint density at radius 2 is 2.24 bits per heavy atom. The summed E-state index contributed by atoms with van der Waals surface area (Å²) in [5, 5.41) is 5.81. The Bertz CT molecular complexity index is 467. The molecule has 1 amide bonds. The summed E-state index contributed by atoms with van der Waals surface area (Å²) in [7, 11) is 0. The maximum Gasteiger partial charge on any atom is 0.241 e. The predicted octanol–water partition coefficient (Wildman–Crippen LogP) is 0.106. The van der Waals surface area contributed by atoms with Gasteiger partial charge in [0.25, 0.3) is 0 Å². The molecule has 21 heavy (non-hydrogen) atoms. The van der Waals surface area contributed by atoms with Gasteiger partial charge in [-0.2, -0.15) is 0 Å². The Labute approximate surface area is 128 Å². The first kappa shape index (κ1) is 15.6. The Balaban J connectivity index is 1.77. The van der Waals surface area contributed by atoms with Crippen molar-refractivity contribution in [2.45, 2.75) is 13.3 Å². The molecule has 0 spiro atoms. The Morgan fingerprint density at radius 1 is 1.48 bits per heavy atom. The van der Waals surface area contributed by atoms with Crippen molar-refractivity contribution in [3.05, 3.63) is 11.6 Å². The first-order valence-corrected chi connectivity index (χ1v) is 8.04. The maximum atomic E-state index is 11.5. The number of carbonyl (C=O) groups is 1. The van der Waals surface area contributed by atoms with Crippen LogP contribution in [0.1, 0.15) is 13.3 Å². The molecule has 1 aromatic rings. The zero-order valence-electron chi connectivity index (χ0n) is 12.3. The van der Waals surface area contributed by atoms with Gasteiger partial charge in [-0.1, -0.05) is 6.92 Å². The van der Waals surface area contributed by atoms with E-state index in [1.807, 2.05) is 23.4 Å². The van der Waals surface area contributed by atoms with Gasteiger partial charge in [-0.25, -0.2) is 9.98 Å². The Kier molecular flexibility index (Phi) is 5.79. The molecule has 1 aliphatic rings. The van der Waals surface area contributed by atoms with Gasteiger partial charge in [0.15, 0.2) is 11.1 Å². The monoisotopic (exact) mass is 310 g/mol. The molecule has 1 fully saturated rings. The van der Waals surface area contributed by atoms with E-state index in [4.69, 9.17) is 5.73 Å². The molecule has 0 aliphatic carbocycles. The maximum absolute atomic E-state index is 11.5. The van der Waals surface area contributed by atoms with Crippen LogP contribution in [-0.4, -0.2) is 61.0 Å². The highest BCUT2D eigenvalue weighted by Gasteiger charge is 2.19. The molecule has 1 saturated heterocycles. The lowest BCUT2D eigenvalue weighted by molar-refractivity contribution is -0.119. The van der Waals surface area contributed by atoms with Gasteiger partial charge >= 0.3 is 0 Å². The van der Waals surface area contributed by atoms with Crippen LogP contribution in [0.15, 0.2) is 16.6 Å². The number of rotatable bonds is 5. The lowest BCUT2D eigenvalue weighted by Crippen LogP contribution is -2.51. The van der Waals surface area contributed by atoms with Crippen molar-refractivity contribution in [2.24, 2.45) is 10.7 Å². The fraction of sp³-hybridized carbons (Fsp3) is 0.615. The summed E-state index contributed by atoms with van der Waals surface area (Å²) >= 11 is 1.64. The fourth-order valence-electron chi connectivity index (χ4n) is 2.07. The van der Waals surface area contributed by atoms with E-state index in [0.717, 1.165) is 37.7 Å². The number of nitrogens with two attached hydrogens (primary N) is 1. The SMILES string of the molecule is CCCNC(=O)CN=C(N)N1CCN(c2nccs2)CC1.